The van der Waals surface area contributed by atoms with Crippen molar-refractivity contribution < 1.29 is 18.6 Å². The van der Waals surface area contributed by atoms with E-state index in [4.69, 9.17) is 4.74 Å². The lowest BCUT2D eigenvalue weighted by atomic mass is 10.1. The standard InChI is InChI=1S/C16H17F2NO2/c1-10(16-12(17)4-3-5-13(16)18)19-9-11-6-7-15(21-2)14(20)8-11/h3-8,10,19-20H,9H2,1-2H3. The predicted molar refractivity (Wildman–Crippen MR) is 76.3 cm³/mol. The Bertz CT molecular complexity index is 611. The number of methoxy groups -OCH3 is 1. The Balaban J connectivity index is 2.07. The van der Waals surface area contributed by atoms with Crippen LogP contribution in [0.1, 0.15) is 24.1 Å². The molecule has 0 heterocycles. The van der Waals surface area contributed by atoms with Crippen LogP contribution in [0.4, 0.5) is 8.78 Å². The quantitative estimate of drug-likeness (QED) is 0.886. The molecule has 3 nitrogen and oxygen atoms in total. The molecule has 2 rings (SSSR count). The fourth-order valence-electron chi connectivity index (χ4n) is 2.14. The Morgan fingerprint density at radius 2 is 1.86 bits per heavy atom. The lowest BCUT2D eigenvalue weighted by Gasteiger charge is -2.16. The highest BCUT2D eigenvalue weighted by molar-refractivity contribution is 5.41. The molecule has 2 N–H and O–H groups in total. The van der Waals surface area contributed by atoms with Crippen molar-refractivity contribution in [3.05, 3.63) is 59.2 Å². The second-order valence-electron chi connectivity index (χ2n) is 4.74. The van der Waals surface area contributed by atoms with Gasteiger partial charge in [-0.05, 0) is 36.8 Å². The molecule has 112 valence electrons. The van der Waals surface area contributed by atoms with E-state index in [-0.39, 0.29) is 11.3 Å². The van der Waals surface area contributed by atoms with Crippen molar-refractivity contribution in [1.82, 2.24) is 5.32 Å². The van der Waals surface area contributed by atoms with E-state index in [1.165, 1.54) is 25.3 Å². The number of phenolic OH excluding ortho intramolecular Hbond substituents is 1. The smallest absolute Gasteiger partial charge is 0.160 e. The van der Waals surface area contributed by atoms with Gasteiger partial charge in [0.1, 0.15) is 11.6 Å². The number of ether oxygens (including phenoxy) is 1. The van der Waals surface area contributed by atoms with E-state index in [9.17, 15) is 13.9 Å². The zero-order valence-corrected chi connectivity index (χ0v) is 11.9. The topological polar surface area (TPSA) is 41.5 Å². The van der Waals surface area contributed by atoms with Gasteiger partial charge in [-0.1, -0.05) is 12.1 Å². The van der Waals surface area contributed by atoms with Crippen LogP contribution in [0.3, 0.4) is 0 Å². The maximum Gasteiger partial charge on any atom is 0.160 e. The third-order valence-corrected chi connectivity index (χ3v) is 3.29. The van der Waals surface area contributed by atoms with Crippen molar-refractivity contribution in [2.24, 2.45) is 0 Å². The molecule has 0 fully saturated rings. The van der Waals surface area contributed by atoms with Gasteiger partial charge < -0.3 is 15.2 Å². The van der Waals surface area contributed by atoms with Crippen molar-refractivity contribution in [2.75, 3.05) is 7.11 Å². The molecule has 2 aromatic carbocycles. The Morgan fingerprint density at radius 1 is 1.19 bits per heavy atom. The van der Waals surface area contributed by atoms with Crippen molar-refractivity contribution in [3.63, 3.8) is 0 Å². The molecule has 2 aromatic rings. The van der Waals surface area contributed by atoms with Gasteiger partial charge in [0.15, 0.2) is 11.5 Å². The zero-order chi connectivity index (χ0) is 15.4. The lowest BCUT2D eigenvalue weighted by Crippen LogP contribution is -2.20. The molecule has 0 aromatic heterocycles. The number of phenols is 1. The van der Waals surface area contributed by atoms with Gasteiger partial charge in [0.05, 0.1) is 7.11 Å². The van der Waals surface area contributed by atoms with Crippen molar-refractivity contribution in [1.29, 1.82) is 0 Å². The molecule has 21 heavy (non-hydrogen) atoms. The van der Waals surface area contributed by atoms with Crippen LogP contribution in [0.5, 0.6) is 11.5 Å². The van der Waals surface area contributed by atoms with Crippen LogP contribution in [0, 0.1) is 11.6 Å². The minimum Gasteiger partial charge on any atom is -0.504 e. The average molecular weight is 293 g/mol. The minimum atomic E-state index is -0.576. The number of aromatic hydroxyl groups is 1. The van der Waals surface area contributed by atoms with Gasteiger partial charge in [-0.15, -0.1) is 0 Å². The van der Waals surface area contributed by atoms with E-state index in [1.54, 1.807) is 25.1 Å². The fourth-order valence-corrected chi connectivity index (χ4v) is 2.14. The summed E-state index contributed by atoms with van der Waals surface area (Å²) in [6.45, 7) is 2.05. The monoisotopic (exact) mass is 293 g/mol. The van der Waals surface area contributed by atoms with Crippen molar-refractivity contribution in [2.45, 2.75) is 19.5 Å². The maximum atomic E-state index is 13.7. The van der Waals surface area contributed by atoms with Crippen LogP contribution >= 0.6 is 0 Å². The number of hydrogen-bond donors (Lipinski definition) is 2. The van der Waals surface area contributed by atoms with Gasteiger partial charge in [-0.25, -0.2) is 8.78 Å². The molecule has 0 saturated heterocycles. The van der Waals surface area contributed by atoms with E-state index in [0.717, 1.165) is 5.56 Å². The van der Waals surface area contributed by atoms with Gasteiger partial charge in [0, 0.05) is 18.2 Å². The Hall–Kier alpha value is -2.14. The minimum absolute atomic E-state index is 0.00948. The third-order valence-electron chi connectivity index (χ3n) is 3.29. The van der Waals surface area contributed by atoms with Crippen molar-refractivity contribution >= 4 is 0 Å². The van der Waals surface area contributed by atoms with Gasteiger partial charge >= 0.3 is 0 Å². The third kappa shape index (κ3) is 3.49. The number of hydrogen-bond acceptors (Lipinski definition) is 3. The lowest BCUT2D eigenvalue weighted by molar-refractivity contribution is 0.372. The molecule has 0 aliphatic heterocycles. The van der Waals surface area contributed by atoms with E-state index in [0.29, 0.717) is 12.3 Å². The summed E-state index contributed by atoms with van der Waals surface area (Å²) < 4.78 is 32.3. The zero-order valence-electron chi connectivity index (χ0n) is 11.9. The number of benzene rings is 2. The molecule has 0 aliphatic carbocycles. The molecular weight excluding hydrogens is 276 g/mol. The summed E-state index contributed by atoms with van der Waals surface area (Å²) in [5.74, 6) is -0.742. The molecule has 1 atom stereocenters. The van der Waals surface area contributed by atoms with Crippen LogP contribution in [-0.2, 0) is 6.54 Å². The first-order valence-electron chi connectivity index (χ1n) is 6.56. The van der Waals surface area contributed by atoms with E-state index < -0.39 is 17.7 Å². The summed E-state index contributed by atoms with van der Waals surface area (Å²) in [6, 6.07) is 8.27. The average Bonchev–Trinajstić information content (AvgIpc) is 2.45. The number of rotatable bonds is 5. The molecule has 0 spiro atoms. The normalized spacial score (nSPS) is 12.2. The van der Waals surface area contributed by atoms with Gasteiger partial charge in [-0.2, -0.15) is 0 Å². The molecule has 1 unspecified atom stereocenters. The molecule has 0 radical (unpaired) electrons. The second-order valence-corrected chi connectivity index (χ2v) is 4.74. The number of halogens is 2. The largest absolute Gasteiger partial charge is 0.504 e. The summed E-state index contributed by atoms with van der Waals surface area (Å²) in [4.78, 5) is 0. The molecule has 0 bridgehead atoms. The van der Waals surface area contributed by atoms with Crippen LogP contribution in [-0.4, -0.2) is 12.2 Å². The van der Waals surface area contributed by atoms with Crippen LogP contribution in [0.25, 0.3) is 0 Å². The molecule has 0 aliphatic rings. The number of nitrogens with one attached hydrogen (secondary N) is 1. The maximum absolute atomic E-state index is 13.7. The van der Waals surface area contributed by atoms with E-state index >= 15 is 0 Å². The summed E-state index contributed by atoms with van der Waals surface area (Å²) in [6.07, 6.45) is 0. The Kier molecular flexibility index (Phi) is 4.75. The van der Waals surface area contributed by atoms with Gasteiger partial charge in [-0.3, -0.25) is 0 Å². The SMILES string of the molecule is COc1ccc(CNC(C)c2c(F)cccc2F)cc1O. The molecule has 0 amide bonds. The molecule has 0 saturated carbocycles. The van der Waals surface area contributed by atoms with Gasteiger partial charge in [0.25, 0.3) is 0 Å². The molecule has 5 heteroatoms. The van der Waals surface area contributed by atoms with Crippen LogP contribution < -0.4 is 10.1 Å². The van der Waals surface area contributed by atoms with Crippen molar-refractivity contribution in [3.8, 4) is 11.5 Å². The highest BCUT2D eigenvalue weighted by atomic mass is 19.1. The summed E-state index contributed by atoms with van der Waals surface area (Å²) in [7, 11) is 1.47. The van der Waals surface area contributed by atoms with Gasteiger partial charge in [0.2, 0.25) is 0 Å². The fraction of sp³-hybridized carbons (Fsp3) is 0.250. The first-order valence-corrected chi connectivity index (χ1v) is 6.56. The summed E-state index contributed by atoms with van der Waals surface area (Å²) in [5.41, 5.74) is 0.798. The first-order chi connectivity index (χ1) is 10.0. The van der Waals surface area contributed by atoms with E-state index in [1.807, 2.05) is 0 Å². The van der Waals surface area contributed by atoms with Crippen LogP contribution in [0.15, 0.2) is 36.4 Å². The predicted octanol–water partition coefficient (Wildman–Crippen LogP) is 3.53. The van der Waals surface area contributed by atoms with E-state index in [2.05, 4.69) is 5.32 Å². The highest BCUT2D eigenvalue weighted by Gasteiger charge is 2.15. The first kappa shape index (κ1) is 15.3. The highest BCUT2D eigenvalue weighted by Crippen LogP contribution is 2.27. The second kappa shape index (κ2) is 6.54. The molecular formula is C16H17F2NO2. The Morgan fingerprint density at radius 3 is 2.43 bits per heavy atom. The van der Waals surface area contributed by atoms with Crippen LogP contribution in [0.2, 0.25) is 0 Å². The summed E-state index contributed by atoms with van der Waals surface area (Å²) >= 11 is 0. The Labute approximate surface area is 122 Å². The summed E-state index contributed by atoms with van der Waals surface area (Å²) in [5, 5.41) is 12.7.